The van der Waals surface area contributed by atoms with Crippen LogP contribution in [0, 0.1) is 0 Å². The van der Waals surface area contributed by atoms with Crippen molar-refractivity contribution in [1.29, 1.82) is 0 Å². The van der Waals surface area contributed by atoms with Crippen molar-refractivity contribution < 1.29 is 4.74 Å². The van der Waals surface area contributed by atoms with E-state index in [1.807, 2.05) is 44.2 Å². The zero-order valence-corrected chi connectivity index (χ0v) is 11.0. The monoisotopic (exact) mass is 236 g/mol. The van der Waals surface area contributed by atoms with Crippen molar-refractivity contribution in [3.8, 4) is 0 Å². The minimum Gasteiger partial charge on any atom is -0.373 e. The van der Waals surface area contributed by atoms with Crippen molar-refractivity contribution in [2.45, 2.75) is 18.7 Å². The molecule has 0 aromatic heterocycles. The Morgan fingerprint density at radius 2 is 1.50 bits per heavy atom. The first kappa shape index (κ1) is 15.0. The highest BCUT2D eigenvalue weighted by molar-refractivity contribution is 7.80. The summed E-state index contributed by atoms with van der Waals surface area (Å²) < 4.78 is 5.16. The Labute approximate surface area is 104 Å². The minimum atomic E-state index is 0.646. The standard InChI is InChI=1S/C8H14O.C6H6S/c1-7(2)5-9-6-8(3)4;7-6-4-2-1-3-5-6/h1,3,5-6H2,2,4H3;1-5,7H. The van der Waals surface area contributed by atoms with Gasteiger partial charge in [0.15, 0.2) is 0 Å². The topological polar surface area (TPSA) is 9.23 Å². The second-order valence-electron chi connectivity index (χ2n) is 3.74. The average molecular weight is 236 g/mol. The van der Waals surface area contributed by atoms with Crippen molar-refractivity contribution in [3.63, 3.8) is 0 Å². The van der Waals surface area contributed by atoms with Crippen LogP contribution in [0.1, 0.15) is 13.8 Å². The Morgan fingerprint density at radius 1 is 1.06 bits per heavy atom. The van der Waals surface area contributed by atoms with E-state index >= 15 is 0 Å². The lowest BCUT2D eigenvalue weighted by atomic mass is 10.3. The van der Waals surface area contributed by atoms with E-state index in [0.29, 0.717) is 13.2 Å². The van der Waals surface area contributed by atoms with E-state index < -0.39 is 0 Å². The van der Waals surface area contributed by atoms with Gasteiger partial charge in [0.25, 0.3) is 0 Å². The first-order valence-electron chi connectivity index (χ1n) is 5.13. The van der Waals surface area contributed by atoms with E-state index in [9.17, 15) is 0 Å². The fourth-order valence-electron chi connectivity index (χ4n) is 0.827. The van der Waals surface area contributed by atoms with Crippen LogP contribution in [0.5, 0.6) is 0 Å². The molecule has 1 nitrogen and oxygen atoms in total. The minimum absolute atomic E-state index is 0.646. The van der Waals surface area contributed by atoms with Gasteiger partial charge < -0.3 is 4.74 Å². The van der Waals surface area contributed by atoms with Gasteiger partial charge in [0.1, 0.15) is 0 Å². The smallest absolute Gasteiger partial charge is 0.0675 e. The van der Waals surface area contributed by atoms with Crippen molar-refractivity contribution in [2.24, 2.45) is 0 Å². The van der Waals surface area contributed by atoms with Gasteiger partial charge in [0.05, 0.1) is 13.2 Å². The van der Waals surface area contributed by atoms with Gasteiger partial charge in [-0.25, -0.2) is 0 Å². The Hall–Kier alpha value is -0.990. The third kappa shape index (κ3) is 11.1. The van der Waals surface area contributed by atoms with Gasteiger partial charge in [-0.1, -0.05) is 42.5 Å². The van der Waals surface area contributed by atoms with Crippen LogP contribution in [0.3, 0.4) is 0 Å². The van der Waals surface area contributed by atoms with Crippen LogP contribution in [-0.4, -0.2) is 13.2 Å². The van der Waals surface area contributed by atoms with Crippen molar-refractivity contribution in [3.05, 3.63) is 54.6 Å². The van der Waals surface area contributed by atoms with Crippen LogP contribution < -0.4 is 0 Å². The number of ether oxygens (including phenoxy) is 1. The first-order valence-corrected chi connectivity index (χ1v) is 5.57. The molecule has 1 aromatic carbocycles. The summed E-state index contributed by atoms with van der Waals surface area (Å²) in [7, 11) is 0. The van der Waals surface area contributed by atoms with E-state index in [2.05, 4.69) is 25.8 Å². The first-order chi connectivity index (χ1) is 7.52. The summed E-state index contributed by atoms with van der Waals surface area (Å²) in [5.41, 5.74) is 2.10. The molecule has 0 bridgehead atoms. The Morgan fingerprint density at radius 3 is 1.75 bits per heavy atom. The van der Waals surface area contributed by atoms with Gasteiger partial charge in [-0.05, 0) is 26.0 Å². The highest BCUT2D eigenvalue weighted by atomic mass is 32.1. The molecule has 0 unspecified atom stereocenters. The molecule has 1 aromatic rings. The quantitative estimate of drug-likeness (QED) is 0.611. The van der Waals surface area contributed by atoms with Gasteiger partial charge >= 0.3 is 0 Å². The zero-order valence-electron chi connectivity index (χ0n) is 10.1. The molecule has 0 aliphatic rings. The van der Waals surface area contributed by atoms with Crippen molar-refractivity contribution in [2.75, 3.05) is 13.2 Å². The lowest BCUT2D eigenvalue weighted by Gasteiger charge is -2.00. The molecule has 88 valence electrons. The van der Waals surface area contributed by atoms with E-state index in [1.165, 1.54) is 0 Å². The lowest BCUT2D eigenvalue weighted by molar-refractivity contribution is 0.180. The molecule has 0 amide bonds. The SMILES string of the molecule is C=C(C)COCC(=C)C.Sc1ccccc1. The van der Waals surface area contributed by atoms with E-state index in [0.717, 1.165) is 16.0 Å². The molecule has 0 N–H and O–H groups in total. The number of benzene rings is 1. The maximum absolute atomic E-state index is 5.16. The molecule has 0 aliphatic carbocycles. The molecule has 0 fully saturated rings. The highest BCUT2D eigenvalue weighted by Gasteiger charge is 1.86. The number of hydrogen-bond acceptors (Lipinski definition) is 2. The fraction of sp³-hybridized carbons (Fsp3) is 0.286. The molecule has 0 heterocycles. The number of hydrogen-bond donors (Lipinski definition) is 1. The second-order valence-corrected chi connectivity index (χ2v) is 4.26. The summed E-state index contributed by atoms with van der Waals surface area (Å²) in [6.07, 6.45) is 0. The molecule has 1 rings (SSSR count). The van der Waals surface area contributed by atoms with Crippen LogP contribution >= 0.6 is 12.6 Å². The molecule has 0 spiro atoms. The third-order valence-corrected chi connectivity index (χ3v) is 1.75. The predicted molar refractivity (Wildman–Crippen MR) is 74.1 cm³/mol. The summed E-state index contributed by atoms with van der Waals surface area (Å²) in [6, 6.07) is 9.79. The van der Waals surface area contributed by atoms with Gasteiger partial charge in [-0.15, -0.1) is 12.6 Å². The normalized spacial score (nSPS) is 8.94. The average Bonchev–Trinajstić information content (AvgIpc) is 2.18. The summed E-state index contributed by atoms with van der Waals surface area (Å²) >= 11 is 4.08. The Kier molecular flexibility index (Phi) is 8.68. The van der Waals surface area contributed by atoms with Crippen LogP contribution in [0.2, 0.25) is 0 Å². The predicted octanol–water partition coefficient (Wildman–Crippen LogP) is 4.13. The summed E-state index contributed by atoms with van der Waals surface area (Å²) in [4.78, 5) is 1.02. The molecule has 0 radical (unpaired) electrons. The number of thiol groups is 1. The third-order valence-electron chi connectivity index (χ3n) is 1.45. The molecular weight excluding hydrogens is 216 g/mol. The van der Waals surface area contributed by atoms with Crippen LogP contribution in [0.15, 0.2) is 59.5 Å². The molecule has 16 heavy (non-hydrogen) atoms. The van der Waals surface area contributed by atoms with Gasteiger partial charge in [-0.2, -0.15) is 0 Å². The van der Waals surface area contributed by atoms with Gasteiger partial charge in [-0.3, -0.25) is 0 Å². The fourth-order valence-corrected chi connectivity index (χ4v) is 1.000. The molecular formula is C14H20OS. The molecule has 0 aliphatic heterocycles. The zero-order chi connectivity index (χ0) is 12.4. The van der Waals surface area contributed by atoms with Crippen molar-refractivity contribution >= 4 is 12.6 Å². The van der Waals surface area contributed by atoms with Gasteiger partial charge in [0, 0.05) is 4.90 Å². The lowest BCUT2D eigenvalue weighted by Crippen LogP contribution is -1.96. The molecule has 0 atom stereocenters. The molecule has 2 heteroatoms. The Balaban J connectivity index is 0.000000288. The summed E-state index contributed by atoms with van der Waals surface area (Å²) in [5, 5.41) is 0. The number of rotatable bonds is 4. The van der Waals surface area contributed by atoms with Crippen LogP contribution in [0.25, 0.3) is 0 Å². The second kappa shape index (κ2) is 9.25. The molecule has 0 saturated heterocycles. The van der Waals surface area contributed by atoms with E-state index in [1.54, 1.807) is 0 Å². The van der Waals surface area contributed by atoms with Crippen molar-refractivity contribution in [1.82, 2.24) is 0 Å². The van der Waals surface area contributed by atoms with E-state index in [-0.39, 0.29) is 0 Å². The van der Waals surface area contributed by atoms with Gasteiger partial charge in [0.2, 0.25) is 0 Å². The van der Waals surface area contributed by atoms with E-state index in [4.69, 9.17) is 4.74 Å². The molecule has 0 saturated carbocycles. The maximum Gasteiger partial charge on any atom is 0.0675 e. The highest BCUT2D eigenvalue weighted by Crippen LogP contribution is 2.00. The van der Waals surface area contributed by atoms with Crippen LogP contribution in [-0.2, 0) is 4.74 Å². The maximum atomic E-state index is 5.16. The Bertz CT molecular complexity index is 303. The summed E-state index contributed by atoms with van der Waals surface area (Å²) in [5.74, 6) is 0. The van der Waals surface area contributed by atoms with Crippen LogP contribution in [0.4, 0.5) is 0 Å². The largest absolute Gasteiger partial charge is 0.373 e. The summed E-state index contributed by atoms with van der Waals surface area (Å²) in [6.45, 7) is 12.6.